The van der Waals surface area contributed by atoms with Crippen LogP contribution >= 0.6 is 0 Å². The molecule has 0 saturated heterocycles. The molecule has 2 N–H and O–H groups in total. The van der Waals surface area contributed by atoms with Gasteiger partial charge in [0.05, 0.1) is 6.61 Å². The fourth-order valence-electron chi connectivity index (χ4n) is 1.30. The molecule has 0 aromatic heterocycles. The van der Waals surface area contributed by atoms with Gasteiger partial charge >= 0.3 is 5.97 Å². The Labute approximate surface area is 84.3 Å². The second-order valence-electron chi connectivity index (χ2n) is 3.02. The Morgan fingerprint density at radius 3 is 2.57 bits per heavy atom. The minimum Gasteiger partial charge on any atom is -0.480 e. The van der Waals surface area contributed by atoms with Crippen LogP contribution in [0.3, 0.4) is 0 Å². The van der Waals surface area contributed by atoms with Crippen LogP contribution in [0, 0.1) is 0 Å². The lowest BCUT2D eigenvalue weighted by Crippen LogP contribution is -2.44. The summed E-state index contributed by atoms with van der Waals surface area (Å²) in [5.41, 5.74) is 0. The Balaban J connectivity index is 4.18. The number of carboxylic acids is 1. The SMILES string of the molecule is CCN(CCCO)C(COC)C(=O)O. The van der Waals surface area contributed by atoms with E-state index in [0.29, 0.717) is 19.5 Å². The molecule has 0 aromatic carbocycles. The van der Waals surface area contributed by atoms with Crippen LogP contribution in [0.2, 0.25) is 0 Å². The summed E-state index contributed by atoms with van der Waals surface area (Å²) in [6.07, 6.45) is 0.585. The van der Waals surface area contributed by atoms with Gasteiger partial charge in [0.2, 0.25) is 0 Å². The topological polar surface area (TPSA) is 70.0 Å². The van der Waals surface area contributed by atoms with Crippen LogP contribution in [0.4, 0.5) is 0 Å². The van der Waals surface area contributed by atoms with E-state index >= 15 is 0 Å². The Kier molecular flexibility index (Phi) is 7.37. The van der Waals surface area contributed by atoms with Crippen molar-refractivity contribution in [2.75, 3.05) is 33.4 Å². The summed E-state index contributed by atoms with van der Waals surface area (Å²) in [7, 11) is 1.48. The van der Waals surface area contributed by atoms with Gasteiger partial charge in [0.15, 0.2) is 0 Å². The van der Waals surface area contributed by atoms with E-state index in [9.17, 15) is 4.79 Å². The lowest BCUT2D eigenvalue weighted by Gasteiger charge is -2.26. The van der Waals surface area contributed by atoms with E-state index in [4.69, 9.17) is 14.9 Å². The van der Waals surface area contributed by atoms with Crippen LogP contribution in [0.1, 0.15) is 13.3 Å². The molecular weight excluding hydrogens is 186 g/mol. The third-order valence-electron chi connectivity index (χ3n) is 2.06. The van der Waals surface area contributed by atoms with E-state index in [0.717, 1.165) is 0 Å². The quantitative estimate of drug-likeness (QED) is 0.574. The van der Waals surface area contributed by atoms with Crippen molar-refractivity contribution in [3.05, 3.63) is 0 Å². The van der Waals surface area contributed by atoms with Crippen LogP contribution in [0.15, 0.2) is 0 Å². The lowest BCUT2D eigenvalue weighted by atomic mass is 10.2. The van der Waals surface area contributed by atoms with Gasteiger partial charge in [-0.1, -0.05) is 6.92 Å². The average molecular weight is 205 g/mol. The molecule has 14 heavy (non-hydrogen) atoms. The van der Waals surface area contributed by atoms with Gasteiger partial charge < -0.3 is 14.9 Å². The first-order valence-corrected chi connectivity index (χ1v) is 4.74. The van der Waals surface area contributed by atoms with Crippen molar-refractivity contribution in [3.63, 3.8) is 0 Å². The van der Waals surface area contributed by atoms with Gasteiger partial charge in [-0.05, 0) is 13.0 Å². The highest BCUT2D eigenvalue weighted by atomic mass is 16.5. The molecule has 0 spiro atoms. The summed E-state index contributed by atoms with van der Waals surface area (Å²) >= 11 is 0. The maximum Gasteiger partial charge on any atom is 0.323 e. The highest BCUT2D eigenvalue weighted by Gasteiger charge is 2.23. The van der Waals surface area contributed by atoms with Gasteiger partial charge in [-0.15, -0.1) is 0 Å². The van der Waals surface area contributed by atoms with Crippen molar-refractivity contribution >= 4 is 5.97 Å². The van der Waals surface area contributed by atoms with Crippen molar-refractivity contribution in [3.8, 4) is 0 Å². The van der Waals surface area contributed by atoms with Crippen molar-refractivity contribution in [2.45, 2.75) is 19.4 Å². The van der Waals surface area contributed by atoms with Crippen LogP contribution in [0.5, 0.6) is 0 Å². The largest absolute Gasteiger partial charge is 0.480 e. The standard InChI is InChI=1S/C9H19NO4/c1-3-10(5-4-6-11)8(7-14-2)9(12)13/h8,11H,3-7H2,1-2H3,(H,12,13). The number of aliphatic carboxylic acids is 1. The van der Waals surface area contributed by atoms with Crippen molar-refractivity contribution in [1.82, 2.24) is 4.90 Å². The van der Waals surface area contributed by atoms with Gasteiger partial charge in [0.25, 0.3) is 0 Å². The van der Waals surface area contributed by atoms with Gasteiger partial charge in [0.1, 0.15) is 6.04 Å². The molecule has 1 unspecified atom stereocenters. The fraction of sp³-hybridized carbons (Fsp3) is 0.889. The third-order valence-corrected chi connectivity index (χ3v) is 2.06. The van der Waals surface area contributed by atoms with E-state index in [-0.39, 0.29) is 13.2 Å². The normalized spacial score (nSPS) is 13.1. The molecular formula is C9H19NO4. The van der Waals surface area contributed by atoms with E-state index in [1.165, 1.54) is 7.11 Å². The summed E-state index contributed by atoms with van der Waals surface area (Å²) in [5, 5.41) is 17.6. The van der Waals surface area contributed by atoms with Crippen molar-refractivity contribution in [1.29, 1.82) is 0 Å². The first-order valence-electron chi connectivity index (χ1n) is 4.74. The smallest absolute Gasteiger partial charge is 0.323 e. The number of carboxylic acid groups (broad SMARTS) is 1. The van der Waals surface area contributed by atoms with Gasteiger partial charge in [-0.2, -0.15) is 0 Å². The summed E-state index contributed by atoms with van der Waals surface area (Å²) in [4.78, 5) is 12.6. The molecule has 0 aliphatic carbocycles. The predicted molar refractivity (Wildman–Crippen MR) is 52.2 cm³/mol. The first kappa shape index (κ1) is 13.4. The maximum absolute atomic E-state index is 10.9. The molecule has 5 nitrogen and oxygen atoms in total. The van der Waals surface area contributed by atoms with Crippen LogP contribution in [0.25, 0.3) is 0 Å². The summed E-state index contributed by atoms with van der Waals surface area (Å²) in [6, 6.07) is -0.614. The fourth-order valence-corrected chi connectivity index (χ4v) is 1.30. The van der Waals surface area contributed by atoms with E-state index in [2.05, 4.69) is 0 Å². The molecule has 0 aliphatic rings. The number of hydrogen-bond acceptors (Lipinski definition) is 4. The minimum absolute atomic E-state index is 0.0792. The van der Waals surface area contributed by atoms with Crippen molar-refractivity contribution in [2.24, 2.45) is 0 Å². The molecule has 0 saturated carbocycles. The van der Waals surface area contributed by atoms with E-state index < -0.39 is 12.0 Å². The van der Waals surface area contributed by atoms with Crippen molar-refractivity contribution < 1.29 is 19.7 Å². The van der Waals surface area contributed by atoms with Crippen LogP contribution < -0.4 is 0 Å². The predicted octanol–water partition coefficient (Wildman–Crippen LogP) is -0.210. The number of aliphatic hydroxyl groups is 1. The second kappa shape index (κ2) is 7.73. The highest BCUT2D eigenvalue weighted by molar-refractivity contribution is 5.73. The number of methoxy groups -OCH3 is 1. The van der Waals surface area contributed by atoms with Gasteiger partial charge in [0, 0.05) is 20.3 Å². The highest BCUT2D eigenvalue weighted by Crippen LogP contribution is 2.01. The Morgan fingerprint density at radius 2 is 2.21 bits per heavy atom. The van der Waals surface area contributed by atoms with Gasteiger partial charge in [-0.25, -0.2) is 0 Å². The first-order chi connectivity index (χ1) is 6.67. The van der Waals surface area contributed by atoms with E-state index in [1.54, 1.807) is 4.90 Å². The molecule has 0 rings (SSSR count). The molecule has 84 valence electrons. The molecule has 5 heteroatoms. The molecule has 0 heterocycles. The third kappa shape index (κ3) is 4.55. The lowest BCUT2D eigenvalue weighted by molar-refractivity contribution is -0.145. The zero-order chi connectivity index (χ0) is 11.0. The Bertz CT molecular complexity index is 163. The molecule has 0 amide bonds. The van der Waals surface area contributed by atoms with Crippen LogP contribution in [-0.4, -0.2) is 60.5 Å². The van der Waals surface area contributed by atoms with E-state index in [1.807, 2.05) is 6.92 Å². The average Bonchev–Trinajstić information content (AvgIpc) is 2.17. The molecule has 0 fully saturated rings. The molecule has 0 bridgehead atoms. The van der Waals surface area contributed by atoms with Crippen LogP contribution in [-0.2, 0) is 9.53 Å². The number of nitrogens with zero attached hydrogens (tertiary/aromatic N) is 1. The zero-order valence-electron chi connectivity index (χ0n) is 8.77. The number of aliphatic hydroxyl groups excluding tert-OH is 1. The monoisotopic (exact) mass is 205 g/mol. The van der Waals surface area contributed by atoms with Gasteiger partial charge in [-0.3, -0.25) is 9.69 Å². The summed E-state index contributed by atoms with van der Waals surface area (Å²) < 4.78 is 4.84. The number of rotatable bonds is 8. The second-order valence-corrected chi connectivity index (χ2v) is 3.02. The zero-order valence-corrected chi connectivity index (χ0v) is 8.77. The molecule has 0 aliphatic heterocycles. The maximum atomic E-state index is 10.9. The Hall–Kier alpha value is -0.650. The minimum atomic E-state index is -0.883. The summed E-state index contributed by atoms with van der Waals surface area (Å²) in [5.74, 6) is -0.883. The summed E-state index contributed by atoms with van der Waals surface area (Å²) in [6.45, 7) is 3.36. The molecule has 0 radical (unpaired) electrons. The molecule has 0 aromatic rings. The number of likely N-dealkylation sites (N-methyl/N-ethyl adjacent to an activating group) is 1. The number of hydrogen-bond donors (Lipinski definition) is 2. The number of carbonyl (C=O) groups is 1. The molecule has 1 atom stereocenters. The number of ether oxygens (including phenoxy) is 1. The Morgan fingerprint density at radius 1 is 1.57 bits per heavy atom.